The van der Waals surface area contributed by atoms with Crippen LogP contribution < -0.4 is 4.74 Å². The van der Waals surface area contributed by atoms with Crippen LogP contribution in [0, 0.1) is 23.7 Å². The largest absolute Gasteiger partial charge is 0.487 e. The third-order valence-electron chi connectivity index (χ3n) is 6.44. The van der Waals surface area contributed by atoms with E-state index in [4.69, 9.17) is 4.74 Å². The van der Waals surface area contributed by atoms with Crippen LogP contribution >= 0.6 is 0 Å². The molecule has 0 saturated heterocycles. The number of amides is 1. The van der Waals surface area contributed by atoms with Crippen molar-refractivity contribution in [2.24, 2.45) is 11.8 Å². The molecular weight excluding hydrogens is 466 g/mol. The first-order valence-corrected chi connectivity index (χ1v) is 13.2. The number of aliphatic hydroxyl groups excluding tert-OH is 1. The third kappa shape index (κ3) is 5.67. The van der Waals surface area contributed by atoms with Gasteiger partial charge in [-0.15, -0.1) is 0 Å². The normalized spacial score (nSPS) is 22.4. The molecule has 0 bridgehead atoms. The summed E-state index contributed by atoms with van der Waals surface area (Å²) in [6, 6.07) is 7.81. The Morgan fingerprint density at radius 3 is 2.69 bits per heavy atom. The summed E-state index contributed by atoms with van der Waals surface area (Å²) in [5, 5.41) is 9.78. The molecule has 1 aliphatic heterocycles. The highest BCUT2D eigenvalue weighted by Crippen LogP contribution is 2.35. The van der Waals surface area contributed by atoms with Gasteiger partial charge in [0, 0.05) is 55.0 Å². The van der Waals surface area contributed by atoms with E-state index in [0.29, 0.717) is 12.1 Å². The topological polar surface area (TPSA) is 100 Å². The summed E-state index contributed by atoms with van der Waals surface area (Å²) in [5.74, 6) is 6.21. The molecule has 2 aliphatic rings. The number of hydrogen-bond donors (Lipinski definition) is 1. The minimum atomic E-state index is -3.93. The van der Waals surface area contributed by atoms with Crippen LogP contribution in [0.4, 0.5) is 0 Å². The van der Waals surface area contributed by atoms with Gasteiger partial charge in [0.2, 0.25) is 15.9 Å². The Bertz CT molecular complexity index is 1230. The summed E-state index contributed by atoms with van der Waals surface area (Å²) in [6.45, 7) is 3.79. The Morgan fingerprint density at radius 1 is 1.29 bits per heavy atom. The lowest BCUT2D eigenvalue weighted by Gasteiger charge is -2.37. The molecule has 8 nitrogen and oxygen atoms in total. The Balaban J connectivity index is 1.72. The van der Waals surface area contributed by atoms with Crippen LogP contribution in [0.1, 0.15) is 37.8 Å². The van der Waals surface area contributed by atoms with Gasteiger partial charge in [0.05, 0.1) is 13.2 Å². The highest BCUT2D eigenvalue weighted by atomic mass is 32.2. The second kappa shape index (κ2) is 10.4. The summed E-state index contributed by atoms with van der Waals surface area (Å²) >= 11 is 0. The van der Waals surface area contributed by atoms with Crippen LogP contribution in [-0.4, -0.2) is 72.5 Å². The molecule has 1 N–H and O–H groups in total. The maximum Gasteiger partial charge on any atom is 0.247 e. The van der Waals surface area contributed by atoms with Gasteiger partial charge in [-0.05, 0) is 50.1 Å². The van der Waals surface area contributed by atoms with Crippen molar-refractivity contribution >= 4 is 15.9 Å². The summed E-state index contributed by atoms with van der Waals surface area (Å²) in [4.78, 5) is 18.3. The number of aliphatic hydroxyl groups is 1. The fraction of sp³-hybridized carbons (Fsp3) is 0.462. The van der Waals surface area contributed by atoms with Gasteiger partial charge in [-0.25, -0.2) is 8.42 Å². The Kier molecular flexibility index (Phi) is 7.45. The van der Waals surface area contributed by atoms with Crippen molar-refractivity contribution in [2.45, 2.75) is 43.7 Å². The van der Waals surface area contributed by atoms with Gasteiger partial charge in [0.25, 0.3) is 0 Å². The molecule has 4 rings (SSSR count). The van der Waals surface area contributed by atoms with Crippen molar-refractivity contribution in [3.8, 4) is 17.6 Å². The molecule has 1 saturated carbocycles. The van der Waals surface area contributed by atoms with Crippen molar-refractivity contribution in [3.63, 3.8) is 0 Å². The summed E-state index contributed by atoms with van der Waals surface area (Å²) in [6.07, 6.45) is 4.70. The predicted molar refractivity (Wildman–Crippen MR) is 131 cm³/mol. The Morgan fingerprint density at radius 2 is 2.03 bits per heavy atom. The maximum atomic E-state index is 13.6. The van der Waals surface area contributed by atoms with Crippen molar-refractivity contribution in [2.75, 3.05) is 26.7 Å². The van der Waals surface area contributed by atoms with Crippen LogP contribution in [0.5, 0.6) is 5.75 Å². The third-order valence-corrected chi connectivity index (χ3v) is 8.46. The van der Waals surface area contributed by atoms with Crippen LogP contribution in [0.25, 0.3) is 0 Å². The number of benzene rings is 1. The van der Waals surface area contributed by atoms with Gasteiger partial charge in [0.15, 0.2) is 0 Å². The minimum Gasteiger partial charge on any atom is -0.487 e. The monoisotopic (exact) mass is 497 g/mol. The number of pyridine rings is 1. The number of carbonyl (C=O) groups excluding carboxylic acids is 1. The first kappa shape index (κ1) is 25.2. The minimum absolute atomic E-state index is 0.0257. The van der Waals surface area contributed by atoms with Gasteiger partial charge in [-0.1, -0.05) is 18.8 Å². The van der Waals surface area contributed by atoms with Crippen LogP contribution in [0.15, 0.2) is 47.6 Å². The van der Waals surface area contributed by atoms with Crippen LogP contribution in [0.3, 0.4) is 0 Å². The van der Waals surface area contributed by atoms with E-state index in [1.54, 1.807) is 49.5 Å². The zero-order valence-corrected chi connectivity index (χ0v) is 21.0. The highest BCUT2D eigenvalue weighted by Gasteiger charge is 2.39. The van der Waals surface area contributed by atoms with Crippen molar-refractivity contribution in [1.29, 1.82) is 0 Å². The average molecular weight is 498 g/mol. The molecular formula is C26H31N3O5S. The predicted octanol–water partition coefficient (Wildman–Crippen LogP) is 2.12. The Hall–Kier alpha value is -2.93. The molecule has 3 atom stereocenters. The van der Waals surface area contributed by atoms with Crippen molar-refractivity contribution in [3.05, 3.63) is 53.9 Å². The molecule has 1 aromatic carbocycles. The number of rotatable bonds is 5. The lowest BCUT2D eigenvalue weighted by Crippen LogP contribution is -2.50. The van der Waals surface area contributed by atoms with Gasteiger partial charge in [-0.2, -0.15) is 4.31 Å². The van der Waals surface area contributed by atoms with E-state index in [2.05, 4.69) is 16.8 Å². The van der Waals surface area contributed by atoms with E-state index in [9.17, 15) is 18.3 Å². The SMILES string of the molecule is C[C@H]1CN([C@@H](C)CO)S(=O)(=O)c2ccc(C#Cc3cccnc3)cc2O[C@@H]1CN(C)C(=O)C1CC1. The number of ether oxygens (including phenoxy) is 1. The Labute approximate surface area is 207 Å². The number of carbonyl (C=O) groups is 1. The summed E-state index contributed by atoms with van der Waals surface area (Å²) < 4.78 is 34.8. The molecule has 35 heavy (non-hydrogen) atoms. The molecule has 1 aliphatic carbocycles. The number of hydrogen-bond acceptors (Lipinski definition) is 6. The molecule has 1 fully saturated rings. The molecule has 9 heteroatoms. The number of aromatic nitrogens is 1. The summed E-state index contributed by atoms with van der Waals surface area (Å²) in [7, 11) is -2.17. The molecule has 2 heterocycles. The first-order valence-electron chi connectivity index (χ1n) is 11.8. The van der Waals surface area contributed by atoms with E-state index >= 15 is 0 Å². The molecule has 1 amide bonds. The smallest absolute Gasteiger partial charge is 0.247 e. The average Bonchev–Trinajstić information content (AvgIpc) is 3.70. The van der Waals surface area contributed by atoms with Gasteiger partial charge < -0.3 is 14.7 Å². The van der Waals surface area contributed by atoms with E-state index in [1.807, 2.05) is 13.0 Å². The zero-order valence-electron chi connectivity index (χ0n) is 20.2. The molecule has 0 radical (unpaired) electrons. The molecule has 2 aromatic rings. The van der Waals surface area contributed by atoms with Gasteiger partial charge in [-0.3, -0.25) is 9.78 Å². The summed E-state index contributed by atoms with van der Waals surface area (Å²) in [5.41, 5.74) is 1.33. The standard InChI is InChI=1S/C26H31N3O5S/c1-18-15-29(19(2)17-30)35(32,33)25-11-8-20(6-7-21-5-4-12-27-14-21)13-23(25)34-24(18)16-28(3)26(31)22-9-10-22/h4-5,8,11-14,18-19,22,24,30H,9-10,15-17H2,1-3H3/t18-,19-,24+/m0/s1. The lowest BCUT2D eigenvalue weighted by molar-refractivity contribution is -0.132. The van der Waals surface area contributed by atoms with Gasteiger partial charge >= 0.3 is 0 Å². The number of fused-ring (bicyclic) bond motifs is 1. The van der Waals surface area contributed by atoms with E-state index in [0.717, 1.165) is 18.4 Å². The number of nitrogens with zero attached hydrogens (tertiary/aromatic N) is 3. The second-order valence-electron chi connectivity index (χ2n) is 9.39. The van der Waals surface area contributed by atoms with E-state index in [1.165, 1.54) is 10.4 Å². The van der Waals surface area contributed by atoms with E-state index < -0.39 is 22.2 Å². The van der Waals surface area contributed by atoms with Crippen LogP contribution in [0.2, 0.25) is 0 Å². The lowest BCUT2D eigenvalue weighted by atomic mass is 10.0. The molecule has 1 aromatic heterocycles. The second-order valence-corrected chi connectivity index (χ2v) is 11.2. The quantitative estimate of drug-likeness (QED) is 0.636. The fourth-order valence-electron chi connectivity index (χ4n) is 4.10. The maximum absolute atomic E-state index is 13.6. The zero-order chi connectivity index (χ0) is 25.2. The molecule has 0 unspecified atom stereocenters. The molecule has 186 valence electrons. The fourth-order valence-corrected chi connectivity index (χ4v) is 5.93. The van der Waals surface area contributed by atoms with Crippen molar-refractivity contribution in [1.82, 2.24) is 14.2 Å². The first-order chi connectivity index (χ1) is 16.7. The van der Waals surface area contributed by atoms with Crippen LogP contribution in [-0.2, 0) is 14.8 Å². The molecule has 0 spiro atoms. The van der Waals surface area contributed by atoms with E-state index in [-0.39, 0.29) is 41.5 Å². The van der Waals surface area contributed by atoms with Gasteiger partial charge in [0.1, 0.15) is 16.7 Å². The highest BCUT2D eigenvalue weighted by molar-refractivity contribution is 7.89. The van der Waals surface area contributed by atoms with Crippen molar-refractivity contribution < 1.29 is 23.1 Å². The number of likely N-dealkylation sites (N-methyl/N-ethyl adjacent to an activating group) is 1. The number of sulfonamides is 1.